The van der Waals surface area contributed by atoms with Crippen molar-refractivity contribution in [3.8, 4) is 0 Å². The summed E-state index contributed by atoms with van der Waals surface area (Å²) in [7, 11) is 0. The summed E-state index contributed by atoms with van der Waals surface area (Å²) in [5.74, 6) is 0.903. The highest BCUT2D eigenvalue weighted by Crippen LogP contribution is 2.33. The molecule has 0 aliphatic carbocycles. The Balaban J connectivity index is 2.36. The number of halogens is 4. The van der Waals surface area contributed by atoms with Crippen molar-refractivity contribution in [2.24, 2.45) is 0 Å². The molecule has 0 heterocycles. The number of benzene rings is 2. The molecular weight excluding hydrogens is 378 g/mol. The van der Waals surface area contributed by atoms with Gasteiger partial charge >= 0.3 is 0 Å². The van der Waals surface area contributed by atoms with Gasteiger partial charge in [-0.15, -0.1) is 23.2 Å². The average molecular weight is 393 g/mol. The predicted molar refractivity (Wildman–Crippen MR) is 92.4 cm³/mol. The maximum absolute atomic E-state index is 6.26. The Morgan fingerprint density at radius 2 is 1.60 bits per heavy atom. The van der Waals surface area contributed by atoms with Crippen LogP contribution in [0.1, 0.15) is 11.1 Å². The number of hydrogen-bond donors (Lipinski definition) is 0. The Morgan fingerprint density at radius 3 is 2.15 bits per heavy atom. The van der Waals surface area contributed by atoms with Gasteiger partial charge in [0.1, 0.15) is 0 Å². The Kier molecular flexibility index (Phi) is 5.80. The van der Waals surface area contributed by atoms with Crippen LogP contribution in [-0.4, -0.2) is 11.8 Å². The van der Waals surface area contributed by atoms with E-state index in [4.69, 9.17) is 34.8 Å². The third-order valence-electron chi connectivity index (χ3n) is 3.40. The Morgan fingerprint density at radius 1 is 0.950 bits per heavy atom. The van der Waals surface area contributed by atoms with Crippen molar-refractivity contribution in [2.45, 2.75) is 11.8 Å². The molecule has 0 aromatic heterocycles. The molecule has 0 nitrogen and oxygen atoms in total. The maximum Gasteiger partial charge on any atom is 0.0408 e. The van der Waals surface area contributed by atoms with E-state index in [1.165, 1.54) is 5.56 Å². The monoisotopic (exact) mass is 390 g/mol. The van der Waals surface area contributed by atoms with Gasteiger partial charge in [0, 0.05) is 26.7 Å². The van der Waals surface area contributed by atoms with Gasteiger partial charge in [0.05, 0.1) is 0 Å². The van der Waals surface area contributed by atoms with E-state index >= 15 is 0 Å². The SMILES string of the molecule is ClCC(CCl)(Cc1ccc(Br)cc1)c1cccc(Cl)c1. The van der Waals surface area contributed by atoms with Crippen LogP contribution in [0.15, 0.2) is 53.0 Å². The molecule has 0 unspecified atom stereocenters. The lowest BCUT2D eigenvalue weighted by Gasteiger charge is -2.30. The number of hydrogen-bond acceptors (Lipinski definition) is 0. The third-order valence-corrected chi connectivity index (χ3v) is 5.19. The lowest BCUT2D eigenvalue weighted by molar-refractivity contribution is 0.536. The second kappa shape index (κ2) is 7.17. The van der Waals surface area contributed by atoms with Crippen molar-refractivity contribution < 1.29 is 0 Å². The van der Waals surface area contributed by atoms with Crippen LogP contribution in [0.25, 0.3) is 0 Å². The van der Waals surface area contributed by atoms with Gasteiger partial charge in [-0.3, -0.25) is 0 Å². The first-order valence-electron chi connectivity index (χ1n) is 6.22. The first-order chi connectivity index (χ1) is 9.59. The number of rotatable bonds is 5. The fourth-order valence-electron chi connectivity index (χ4n) is 2.20. The van der Waals surface area contributed by atoms with Gasteiger partial charge in [-0.1, -0.05) is 51.8 Å². The van der Waals surface area contributed by atoms with Crippen LogP contribution in [0, 0.1) is 0 Å². The van der Waals surface area contributed by atoms with Crippen LogP contribution in [0.4, 0.5) is 0 Å². The summed E-state index contributed by atoms with van der Waals surface area (Å²) in [6, 6.07) is 16.0. The van der Waals surface area contributed by atoms with Crippen molar-refractivity contribution in [1.82, 2.24) is 0 Å². The van der Waals surface area contributed by atoms with Crippen molar-refractivity contribution >= 4 is 50.7 Å². The average Bonchev–Trinajstić information content (AvgIpc) is 2.47. The number of alkyl halides is 2. The molecule has 0 bridgehead atoms. The van der Waals surface area contributed by atoms with Crippen molar-refractivity contribution in [2.75, 3.05) is 11.8 Å². The van der Waals surface area contributed by atoms with E-state index in [1.807, 2.05) is 36.4 Å². The van der Waals surface area contributed by atoms with Gasteiger partial charge in [-0.25, -0.2) is 0 Å². The van der Waals surface area contributed by atoms with Crippen LogP contribution in [0.2, 0.25) is 5.02 Å². The second-order valence-electron chi connectivity index (χ2n) is 4.86. The van der Waals surface area contributed by atoms with Gasteiger partial charge in [0.15, 0.2) is 0 Å². The second-order valence-corrected chi connectivity index (χ2v) is 6.75. The summed E-state index contributed by atoms with van der Waals surface area (Å²) in [6.07, 6.45) is 0.785. The van der Waals surface area contributed by atoms with E-state index in [1.54, 1.807) is 0 Å². The van der Waals surface area contributed by atoms with E-state index in [9.17, 15) is 0 Å². The normalized spacial score (nSPS) is 11.6. The van der Waals surface area contributed by atoms with Gasteiger partial charge in [0.2, 0.25) is 0 Å². The highest BCUT2D eigenvalue weighted by molar-refractivity contribution is 9.10. The standard InChI is InChI=1S/C16H14BrCl3/c17-14-6-4-12(5-7-14)9-16(10-18,11-19)13-2-1-3-15(20)8-13/h1-8H,9-11H2. The molecule has 2 rings (SSSR count). The van der Waals surface area contributed by atoms with Crippen LogP contribution < -0.4 is 0 Å². The summed E-state index contributed by atoms with van der Waals surface area (Å²) in [6.45, 7) is 0. The zero-order chi connectivity index (χ0) is 14.6. The van der Waals surface area contributed by atoms with E-state index < -0.39 is 0 Å². The van der Waals surface area contributed by atoms with Gasteiger partial charge in [0.25, 0.3) is 0 Å². The summed E-state index contributed by atoms with van der Waals surface area (Å²) in [4.78, 5) is 0. The zero-order valence-corrected chi connectivity index (χ0v) is 14.6. The van der Waals surface area contributed by atoms with Crippen LogP contribution >= 0.6 is 50.7 Å². The van der Waals surface area contributed by atoms with Crippen molar-refractivity contribution in [1.29, 1.82) is 0 Å². The quantitative estimate of drug-likeness (QED) is 0.543. The topological polar surface area (TPSA) is 0 Å². The van der Waals surface area contributed by atoms with E-state index in [0.717, 1.165) is 16.5 Å². The molecule has 0 aliphatic heterocycles. The largest absolute Gasteiger partial charge is 0.126 e. The summed E-state index contributed by atoms with van der Waals surface area (Å²) >= 11 is 22.1. The molecule has 4 heteroatoms. The molecule has 106 valence electrons. The first kappa shape index (κ1) is 16.2. The zero-order valence-electron chi connectivity index (χ0n) is 10.8. The van der Waals surface area contributed by atoms with E-state index in [0.29, 0.717) is 16.8 Å². The van der Waals surface area contributed by atoms with Gasteiger partial charge in [-0.05, 0) is 41.8 Å². The predicted octanol–water partition coefficient (Wildman–Crippen LogP) is 6.06. The highest BCUT2D eigenvalue weighted by Gasteiger charge is 2.31. The summed E-state index contributed by atoms with van der Waals surface area (Å²) in [5, 5.41) is 0.706. The first-order valence-corrected chi connectivity index (χ1v) is 8.46. The van der Waals surface area contributed by atoms with Crippen LogP contribution in [0.5, 0.6) is 0 Å². The minimum atomic E-state index is -0.304. The Bertz CT molecular complexity index is 562. The van der Waals surface area contributed by atoms with E-state index in [-0.39, 0.29) is 5.41 Å². The van der Waals surface area contributed by atoms with Crippen molar-refractivity contribution in [3.63, 3.8) is 0 Å². The Labute approximate surface area is 143 Å². The molecule has 0 saturated carbocycles. The summed E-state index contributed by atoms with van der Waals surface area (Å²) in [5.41, 5.74) is 1.98. The fraction of sp³-hybridized carbons (Fsp3) is 0.250. The molecule has 0 radical (unpaired) electrons. The maximum atomic E-state index is 6.26. The van der Waals surface area contributed by atoms with Crippen molar-refractivity contribution in [3.05, 3.63) is 69.2 Å². The molecule has 2 aromatic rings. The van der Waals surface area contributed by atoms with Gasteiger partial charge < -0.3 is 0 Å². The minimum absolute atomic E-state index is 0.304. The lowest BCUT2D eigenvalue weighted by Crippen LogP contribution is -2.33. The lowest BCUT2D eigenvalue weighted by atomic mass is 9.79. The van der Waals surface area contributed by atoms with Crippen LogP contribution in [-0.2, 0) is 11.8 Å². The summed E-state index contributed by atoms with van der Waals surface area (Å²) < 4.78 is 1.06. The fourth-order valence-corrected chi connectivity index (χ4v) is 3.44. The molecule has 0 spiro atoms. The highest BCUT2D eigenvalue weighted by atomic mass is 79.9. The third kappa shape index (κ3) is 3.71. The smallest absolute Gasteiger partial charge is 0.0408 e. The van der Waals surface area contributed by atoms with E-state index in [2.05, 4.69) is 28.1 Å². The molecule has 0 fully saturated rings. The molecule has 2 aromatic carbocycles. The molecule has 0 N–H and O–H groups in total. The minimum Gasteiger partial charge on any atom is -0.126 e. The molecule has 20 heavy (non-hydrogen) atoms. The molecule has 0 atom stereocenters. The molecule has 0 saturated heterocycles. The van der Waals surface area contributed by atoms with Crippen LogP contribution in [0.3, 0.4) is 0 Å². The molecular formula is C16H14BrCl3. The van der Waals surface area contributed by atoms with Gasteiger partial charge in [-0.2, -0.15) is 0 Å². The molecule has 0 amide bonds. The molecule has 0 aliphatic rings. The Hall–Kier alpha value is -0.210.